The predicted octanol–water partition coefficient (Wildman–Crippen LogP) is 5.38. The van der Waals surface area contributed by atoms with Crippen LogP contribution in [0, 0.1) is 23.7 Å². The van der Waals surface area contributed by atoms with Crippen LogP contribution >= 0.6 is 0 Å². The Morgan fingerprint density at radius 1 is 0.941 bits per heavy atom. The number of benzene rings is 2. The summed E-state index contributed by atoms with van der Waals surface area (Å²) in [6.45, 7) is 6.20. The summed E-state index contributed by atoms with van der Waals surface area (Å²) in [5.74, 6) is -0.291. The molecule has 2 aromatic carbocycles. The molecule has 0 N–H and O–H groups in total. The van der Waals surface area contributed by atoms with Gasteiger partial charge in [0.15, 0.2) is 11.8 Å². The Labute approximate surface area is 200 Å². The van der Waals surface area contributed by atoms with E-state index in [1.54, 1.807) is 11.2 Å². The van der Waals surface area contributed by atoms with E-state index in [0.29, 0.717) is 5.92 Å². The largest absolute Gasteiger partial charge is 0.319 e. The molecule has 6 heteroatoms. The van der Waals surface area contributed by atoms with Gasteiger partial charge in [-0.1, -0.05) is 68.4 Å². The smallest absolute Gasteiger partial charge is 0.248 e. The van der Waals surface area contributed by atoms with Gasteiger partial charge < -0.3 is 4.74 Å². The lowest BCUT2D eigenvalue weighted by Crippen LogP contribution is -2.74. The lowest BCUT2D eigenvalue weighted by molar-refractivity contribution is -0.547. The Balaban J connectivity index is 1.34. The van der Waals surface area contributed by atoms with Gasteiger partial charge in [0.25, 0.3) is 0 Å². The molecule has 4 aliphatic heterocycles. The molecule has 6 nitrogen and oxygen atoms in total. The zero-order valence-electron chi connectivity index (χ0n) is 20.0. The van der Waals surface area contributed by atoms with Crippen LogP contribution < -0.4 is 0 Å². The number of carbonyl (C=O) groups excluding carboxylic acids is 1. The van der Waals surface area contributed by atoms with Gasteiger partial charge in [0.1, 0.15) is 0 Å². The third kappa shape index (κ3) is 3.27. The maximum Gasteiger partial charge on any atom is 0.248 e. The maximum absolute atomic E-state index is 13.5. The van der Waals surface area contributed by atoms with Crippen molar-refractivity contribution >= 4 is 12.1 Å². The van der Waals surface area contributed by atoms with Crippen molar-refractivity contribution in [1.29, 1.82) is 0 Å². The van der Waals surface area contributed by atoms with Crippen LogP contribution in [0.2, 0.25) is 0 Å². The average molecular weight is 461 g/mol. The summed E-state index contributed by atoms with van der Waals surface area (Å²) < 4.78 is 6.52. The van der Waals surface area contributed by atoms with Gasteiger partial charge >= 0.3 is 0 Å². The minimum absolute atomic E-state index is 0.00849. The fourth-order valence-corrected chi connectivity index (χ4v) is 6.67. The molecule has 4 saturated heterocycles. The highest BCUT2D eigenvalue weighted by atomic mass is 17.3. The molecule has 5 aliphatic rings. The second-order valence-corrected chi connectivity index (χ2v) is 10.6. The number of hydrogen-bond donors (Lipinski definition) is 0. The molecular weight excluding hydrogens is 428 g/mol. The third-order valence-corrected chi connectivity index (χ3v) is 8.59. The molecule has 1 spiro atoms. The van der Waals surface area contributed by atoms with Gasteiger partial charge in [-0.25, -0.2) is 14.8 Å². The summed E-state index contributed by atoms with van der Waals surface area (Å²) >= 11 is 0. The lowest BCUT2D eigenvalue weighted by atomic mass is 9.57. The van der Waals surface area contributed by atoms with Gasteiger partial charge in [-0.15, -0.1) is 0 Å². The van der Waals surface area contributed by atoms with E-state index in [1.807, 2.05) is 44.2 Å². The summed E-state index contributed by atoms with van der Waals surface area (Å²) in [5.41, 5.74) is 2.55. The first-order chi connectivity index (χ1) is 16.4. The Bertz CT molecular complexity index is 1100. The zero-order chi connectivity index (χ0) is 23.5. The van der Waals surface area contributed by atoms with E-state index in [-0.39, 0.29) is 23.7 Å². The molecule has 178 valence electrons. The second kappa shape index (κ2) is 8.01. The monoisotopic (exact) mass is 460 g/mol. The first kappa shape index (κ1) is 22.0. The highest BCUT2D eigenvalue weighted by Crippen LogP contribution is 2.60. The van der Waals surface area contributed by atoms with E-state index in [1.165, 1.54) is 5.56 Å². The second-order valence-electron chi connectivity index (χ2n) is 10.6. The van der Waals surface area contributed by atoms with E-state index in [0.717, 1.165) is 36.8 Å². The Hall–Kier alpha value is -2.54. The van der Waals surface area contributed by atoms with E-state index in [2.05, 4.69) is 31.2 Å². The SMILES string of the molecule is C[C@@H]1CC[C@H]2[C@@H](C)C(=O)N(/N=C/c3ccc(-c4ccccc4)cc3)[C@@H]3OC4(C)CC[C@@H]1[C@@]23OO4. The minimum atomic E-state index is -0.872. The zero-order valence-corrected chi connectivity index (χ0v) is 20.0. The van der Waals surface area contributed by atoms with Crippen LogP contribution in [0.5, 0.6) is 0 Å². The molecular formula is C28H32N2O4. The average Bonchev–Trinajstić information content (AvgIpc) is 3.10. The van der Waals surface area contributed by atoms with E-state index in [9.17, 15) is 4.79 Å². The molecule has 5 fully saturated rings. The van der Waals surface area contributed by atoms with Crippen LogP contribution in [0.15, 0.2) is 59.7 Å². The number of piperidine rings is 1. The van der Waals surface area contributed by atoms with Gasteiger partial charge in [0, 0.05) is 18.3 Å². The highest BCUT2D eigenvalue weighted by Gasteiger charge is 2.70. The highest BCUT2D eigenvalue weighted by molar-refractivity contribution is 5.85. The first-order valence-corrected chi connectivity index (χ1v) is 12.5. The number of amides is 1. The predicted molar refractivity (Wildman–Crippen MR) is 128 cm³/mol. The summed E-state index contributed by atoms with van der Waals surface area (Å²) in [7, 11) is 0. The number of fused-ring (bicyclic) bond motifs is 2. The molecule has 0 aromatic heterocycles. The molecule has 34 heavy (non-hydrogen) atoms. The summed E-state index contributed by atoms with van der Waals surface area (Å²) in [6, 6.07) is 18.5. The van der Waals surface area contributed by atoms with Crippen LogP contribution in [0.4, 0.5) is 0 Å². The molecule has 2 aromatic rings. The fraction of sp³-hybridized carbons (Fsp3) is 0.500. The normalized spacial score (nSPS) is 39.2. The Morgan fingerprint density at radius 3 is 2.44 bits per heavy atom. The van der Waals surface area contributed by atoms with Crippen LogP contribution in [0.3, 0.4) is 0 Å². The van der Waals surface area contributed by atoms with Crippen molar-refractivity contribution in [2.75, 3.05) is 0 Å². The van der Waals surface area contributed by atoms with E-state index < -0.39 is 17.6 Å². The quantitative estimate of drug-likeness (QED) is 0.456. The minimum Gasteiger partial charge on any atom is -0.319 e. The molecule has 1 amide bonds. The lowest BCUT2D eigenvalue weighted by Gasteiger charge is -2.60. The molecule has 1 aliphatic carbocycles. The number of carbonyl (C=O) groups is 1. The molecule has 2 bridgehead atoms. The molecule has 1 unspecified atom stereocenters. The maximum atomic E-state index is 13.5. The van der Waals surface area contributed by atoms with Gasteiger partial charge in [0.05, 0.1) is 6.21 Å². The molecule has 7 rings (SSSR count). The van der Waals surface area contributed by atoms with Crippen LogP contribution in [0.1, 0.15) is 52.0 Å². The van der Waals surface area contributed by atoms with Crippen molar-refractivity contribution in [2.24, 2.45) is 28.8 Å². The number of hydrogen-bond acceptors (Lipinski definition) is 5. The number of rotatable bonds is 3. The van der Waals surface area contributed by atoms with Gasteiger partial charge in [-0.05, 0) is 54.7 Å². The first-order valence-electron chi connectivity index (χ1n) is 12.5. The topological polar surface area (TPSA) is 60.4 Å². The summed E-state index contributed by atoms with van der Waals surface area (Å²) in [4.78, 5) is 25.7. The van der Waals surface area contributed by atoms with Crippen molar-refractivity contribution in [2.45, 2.75) is 64.1 Å². The van der Waals surface area contributed by atoms with Gasteiger partial charge in [-0.3, -0.25) is 4.79 Å². The number of ether oxygens (including phenoxy) is 1. The van der Waals surface area contributed by atoms with Crippen molar-refractivity contribution in [1.82, 2.24) is 5.01 Å². The number of nitrogens with zero attached hydrogens (tertiary/aromatic N) is 2. The van der Waals surface area contributed by atoms with Crippen molar-refractivity contribution in [3.8, 4) is 11.1 Å². The Kier molecular flexibility index (Phi) is 5.17. The summed E-state index contributed by atoms with van der Waals surface area (Å²) in [6.07, 6.45) is 4.90. The van der Waals surface area contributed by atoms with E-state index in [4.69, 9.17) is 19.6 Å². The van der Waals surface area contributed by atoms with Gasteiger partial charge in [0.2, 0.25) is 11.7 Å². The Morgan fingerprint density at radius 2 is 1.68 bits per heavy atom. The third-order valence-electron chi connectivity index (χ3n) is 8.59. The van der Waals surface area contributed by atoms with Crippen LogP contribution in [-0.2, 0) is 19.3 Å². The fourth-order valence-electron chi connectivity index (χ4n) is 6.67. The molecule has 1 saturated carbocycles. The van der Waals surface area contributed by atoms with Crippen LogP contribution in [0.25, 0.3) is 11.1 Å². The van der Waals surface area contributed by atoms with Crippen molar-refractivity contribution in [3.63, 3.8) is 0 Å². The number of hydrazone groups is 1. The molecule has 0 radical (unpaired) electrons. The van der Waals surface area contributed by atoms with Crippen molar-refractivity contribution in [3.05, 3.63) is 60.2 Å². The standard InChI is InChI=1S/C28H32N2O4/c1-18-9-14-24-19(2)25(31)30(26-28(24)23(18)15-16-27(3,32-26)33-34-28)29-17-20-10-12-22(13-11-20)21-7-5-4-6-8-21/h4-8,10-13,17-19,23-24,26H,9,14-16H2,1-3H3/b29-17+/t18-,19-,23+,24+,26-,27?,28-/m1/s1. The molecule has 4 heterocycles. The van der Waals surface area contributed by atoms with Crippen LogP contribution in [-0.4, -0.2) is 34.7 Å². The summed E-state index contributed by atoms with van der Waals surface area (Å²) in [5, 5.41) is 6.25. The van der Waals surface area contributed by atoms with Gasteiger partial charge in [-0.2, -0.15) is 5.10 Å². The van der Waals surface area contributed by atoms with Crippen molar-refractivity contribution < 1.29 is 19.3 Å². The molecule has 7 atom stereocenters. The van der Waals surface area contributed by atoms with E-state index >= 15 is 0 Å².